The summed E-state index contributed by atoms with van der Waals surface area (Å²) in [6.07, 6.45) is 3.08. The van der Waals surface area contributed by atoms with E-state index in [2.05, 4.69) is 20.0 Å². The fourth-order valence-electron chi connectivity index (χ4n) is 4.58. The number of H-pyrrole nitrogens is 1. The number of hydrogen-bond donors (Lipinski definition) is 2. The molecule has 4 aromatic rings. The molecule has 0 atom stereocenters. The van der Waals surface area contributed by atoms with Gasteiger partial charge in [-0.15, -0.1) is 4.91 Å². The van der Waals surface area contributed by atoms with E-state index in [0.717, 1.165) is 11.3 Å². The maximum atomic E-state index is 12.4. The standard InChI is InChI=1S/C29H30N6O4/c1-29(2,3)39-28(37)35-15-13-34(14-16-35)22-9-6-20(7-10-22)31-26(19-5-4-12-30-18-19)25-23-11-8-21(33-38)17-24(23)32-27(25)36/h4-12,17-18,32,36H,13-16H2,1-3H3. The van der Waals surface area contributed by atoms with Crippen LogP contribution in [0.15, 0.2) is 77.2 Å². The van der Waals surface area contributed by atoms with E-state index in [1.165, 1.54) is 0 Å². The Balaban J connectivity index is 1.40. The average molecular weight is 527 g/mol. The van der Waals surface area contributed by atoms with Crippen molar-refractivity contribution in [2.45, 2.75) is 26.4 Å². The molecule has 3 heterocycles. The van der Waals surface area contributed by atoms with Crippen LogP contribution in [0, 0.1) is 4.91 Å². The van der Waals surface area contributed by atoms with Gasteiger partial charge in [0.15, 0.2) is 5.88 Å². The van der Waals surface area contributed by atoms with Crippen molar-refractivity contribution in [1.82, 2.24) is 14.9 Å². The minimum absolute atomic E-state index is 0.0601. The third-order valence-corrected chi connectivity index (χ3v) is 6.43. The number of amides is 1. The Kier molecular flexibility index (Phi) is 7.02. The van der Waals surface area contributed by atoms with E-state index in [1.807, 2.05) is 57.2 Å². The number of ether oxygens (including phenoxy) is 1. The zero-order valence-corrected chi connectivity index (χ0v) is 22.1. The average Bonchev–Trinajstić information content (AvgIpc) is 3.26. The van der Waals surface area contributed by atoms with E-state index in [0.29, 0.717) is 54.0 Å². The maximum Gasteiger partial charge on any atom is 0.410 e. The Labute approximate surface area is 225 Å². The lowest BCUT2D eigenvalue weighted by molar-refractivity contribution is 0.0240. The van der Waals surface area contributed by atoms with Gasteiger partial charge < -0.3 is 24.6 Å². The molecular formula is C29H30N6O4. The molecule has 0 aliphatic carbocycles. The van der Waals surface area contributed by atoms with Crippen molar-refractivity contribution in [1.29, 1.82) is 0 Å². The van der Waals surface area contributed by atoms with Gasteiger partial charge in [-0.05, 0) is 80.5 Å². The molecule has 10 nitrogen and oxygen atoms in total. The number of aliphatic imine (C=N–C) groups is 1. The minimum atomic E-state index is -0.516. The molecule has 0 saturated carbocycles. The second-order valence-electron chi connectivity index (χ2n) is 10.3. The first-order valence-electron chi connectivity index (χ1n) is 12.7. The molecule has 0 unspecified atom stereocenters. The van der Waals surface area contributed by atoms with Gasteiger partial charge in [-0.3, -0.25) is 4.98 Å². The first-order chi connectivity index (χ1) is 18.7. The molecule has 10 heteroatoms. The largest absolute Gasteiger partial charge is 0.494 e. The number of hydrogen-bond acceptors (Lipinski definition) is 8. The minimum Gasteiger partial charge on any atom is -0.494 e. The number of nitrogens with zero attached hydrogens (tertiary/aromatic N) is 5. The molecule has 1 saturated heterocycles. The van der Waals surface area contributed by atoms with Crippen LogP contribution in [0.5, 0.6) is 5.88 Å². The summed E-state index contributed by atoms with van der Waals surface area (Å²) in [5.41, 5.74) is 3.84. The van der Waals surface area contributed by atoms with E-state index in [9.17, 15) is 14.8 Å². The van der Waals surface area contributed by atoms with Crippen LogP contribution in [0.1, 0.15) is 31.9 Å². The van der Waals surface area contributed by atoms with Gasteiger partial charge in [0.2, 0.25) is 0 Å². The van der Waals surface area contributed by atoms with E-state index in [-0.39, 0.29) is 17.7 Å². The van der Waals surface area contributed by atoms with Crippen molar-refractivity contribution in [3.63, 3.8) is 0 Å². The second-order valence-corrected chi connectivity index (χ2v) is 10.3. The molecule has 2 aromatic carbocycles. The van der Waals surface area contributed by atoms with Gasteiger partial charge in [0, 0.05) is 55.2 Å². The molecule has 5 rings (SSSR count). The number of rotatable bonds is 5. The lowest BCUT2D eigenvalue weighted by atomic mass is 10.0. The molecule has 0 spiro atoms. The molecule has 1 amide bonds. The molecule has 1 aliphatic heterocycles. The predicted molar refractivity (Wildman–Crippen MR) is 151 cm³/mol. The number of benzene rings is 2. The fraction of sp³-hybridized carbons (Fsp3) is 0.276. The summed E-state index contributed by atoms with van der Waals surface area (Å²) < 4.78 is 5.50. The first-order valence-corrected chi connectivity index (χ1v) is 12.7. The Hall–Kier alpha value is -4.73. The molecule has 200 valence electrons. The third kappa shape index (κ3) is 5.74. The number of carbonyl (C=O) groups is 1. The van der Waals surface area contributed by atoms with Gasteiger partial charge in [0.25, 0.3) is 0 Å². The number of aromatic amines is 1. The third-order valence-electron chi connectivity index (χ3n) is 6.43. The van der Waals surface area contributed by atoms with Gasteiger partial charge in [0.05, 0.1) is 22.5 Å². The van der Waals surface area contributed by atoms with Crippen LogP contribution in [-0.2, 0) is 4.74 Å². The van der Waals surface area contributed by atoms with Crippen LogP contribution in [0.25, 0.3) is 10.9 Å². The van der Waals surface area contributed by atoms with Crippen LogP contribution >= 0.6 is 0 Å². The topological polar surface area (TPSA) is 123 Å². The van der Waals surface area contributed by atoms with Crippen molar-refractivity contribution in [3.05, 3.63) is 83.0 Å². The fourth-order valence-corrected chi connectivity index (χ4v) is 4.58. The Bertz CT molecular complexity index is 1520. The van der Waals surface area contributed by atoms with Crippen LogP contribution in [0.4, 0.5) is 21.9 Å². The van der Waals surface area contributed by atoms with Crippen LogP contribution in [-0.4, -0.2) is 63.6 Å². The molecular weight excluding hydrogens is 496 g/mol. The van der Waals surface area contributed by atoms with Gasteiger partial charge in [-0.1, -0.05) is 0 Å². The van der Waals surface area contributed by atoms with Gasteiger partial charge in [-0.25, -0.2) is 9.79 Å². The summed E-state index contributed by atoms with van der Waals surface area (Å²) in [5.74, 6) is -0.0601. The Morgan fingerprint density at radius 2 is 1.74 bits per heavy atom. The highest BCUT2D eigenvalue weighted by molar-refractivity contribution is 6.21. The Morgan fingerprint density at radius 1 is 1.03 bits per heavy atom. The maximum absolute atomic E-state index is 12.4. The summed E-state index contributed by atoms with van der Waals surface area (Å²) in [6, 6.07) is 16.5. The second kappa shape index (κ2) is 10.6. The SMILES string of the molecule is CC(C)(C)OC(=O)N1CCN(c2ccc(N=C(c3cccnc3)c3c(O)[nH]c4cc(N=O)ccc34)cc2)CC1. The zero-order chi connectivity index (χ0) is 27.6. The quantitative estimate of drug-likeness (QED) is 0.247. The first kappa shape index (κ1) is 25.9. The number of aromatic hydroxyl groups is 1. The number of carbonyl (C=O) groups excluding carboxylic acids is 1. The van der Waals surface area contributed by atoms with E-state index in [4.69, 9.17) is 9.73 Å². The number of anilines is 1. The lowest BCUT2D eigenvalue weighted by Crippen LogP contribution is -2.50. The summed E-state index contributed by atoms with van der Waals surface area (Å²) in [7, 11) is 0. The van der Waals surface area contributed by atoms with Crippen LogP contribution < -0.4 is 4.90 Å². The number of fused-ring (bicyclic) bond motifs is 1. The zero-order valence-electron chi connectivity index (χ0n) is 22.1. The number of pyridine rings is 1. The van der Waals surface area contributed by atoms with Gasteiger partial charge >= 0.3 is 6.09 Å². The highest BCUT2D eigenvalue weighted by atomic mass is 16.6. The van der Waals surface area contributed by atoms with Crippen molar-refractivity contribution >= 4 is 39.8 Å². The van der Waals surface area contributed by atoms with E-state index >= 15 is 0 Å². The van der Waals surface area contributed by atoms with E-state index in [1.54, 1.807) is 35.5 Å². The normalized spacial score (nSPS) is 14.5. The Morgan fingerprint density at radius 3 is 2.38 bits per heavy atom. The summed E-state index contributed by atoms with van der Waals surface area (Å²) in [6.45, 7) is 8.17. The molecule has 1 fully saturated rings. The smallest absolute Gasteiger partial charge is 0.410 e. The molecule has 1 aliphatic rings. The van der Waals surface area contributed by atoms with Gasteiger partial charge in [0.1, 0.15) is 11.3 Å². The predicted octanol–water partition coefficient (Wildman–Crippen LogP) is 5.89. The number of nitrogens with one attached hydrogen (secondary N) is 1. The van der Waals surface area contributed by atoms with Crippen molar-refractivity contribution < 1.29 is 14.6 Å². The molecule has 39 heavy (non-hydrogen) atoms. The van der Waals surface area contributed by atoms with Crippen molar-refractivity contribution in [3.8, 4) is 5.88 Å². The highest BCUT2D eigenvalue weighted by Crippen LogP contribution is 2.33. The highest BCUT2D eigenvalue weighted by Gasteiger charge is 2.26. The van der Waals surface area contributed by atoms with Crippen LogP contribution in [0.3, 0.4) is 0 Å². The van der Waals surface area contributed by atoms with Crippen molar-refractivity contribution in [2.24, 2.45) is 10.2 Å². The number of piperazine rings is 1. The monoisotopic (exact) mass is 526 g/mol. The summed E-state index contributed by atoms with van der Waals surface area (Å²) >= 11 is 0. The van der Waals surface area contributed by atoms with Crippen LogP contribution in [0.2, 0.25) is 0 Å². The number of aromatic nitrogens is 2. The van der Waals surface area contributed by atoms with Gasteiger partial charge in [-0.2, -0.15) is 0 Å². The molecule has 2 aromatic heterocycles. The molecule has 0 bridgehead atoms. The summed E-state index contributed by atoms with van der Waals surface area (Å²) in [5, 5.41) is 14.5. The van der Waals surface area contributed by atoms with Crippen molar-refractivity contribution in [2.75, 3.05) is 31.1 Å². The molecule has 2 N–H and O–H groups in total. The number of nitroso groups, excluding NO2 is 1. The summed E-state index contributed by atoms with van der Waals surface area (Å²) in [4.78, 5) is 39.4. The lowest BCUT2D eigenvalue weighted by Gasteiger charge is -2.36. The van der Waals surface area contributed by atoms with E-state index < -0.39 is 5.60 Å². The molecule has 0 radical (unpaired) electrons.